The Morgan fingerprint density at radius 3 is 2.82 bits per heavy atom. The molecule has 3 heteroatoms. The second kappa shape index (κ2) is 3.91. The summed E-state index contributed by atoms with van der Waals surface area (Å²) in [4.78, 5) is 10.7. The maximum absolute atomic E-state index is 10.7. The molecule has 1 aliphatic carbocycles. The number of benzene rings is 1. The molecule has 0 aliphatic heterocycles. The topological polar surface area (TPSA) is 42.2 Å². The first kappa shape index (κ1) is 10.4. The van der Waals surface area contributed by atoms with Gasteiger partial charge in [-0.15, -0.1) is 0 Å². The van der Waals surface area contributed by atoms with Gasteiger partial charge in [0.2, 0.25) is 0 Å². The van der Waals surface area contributed by atoms with Crippen LogP contribution in [0.4, 0.5) is 0 Å². The molecule has 1 aliphatic rings. The smallest absolute Gasteiger partial charge is 0.307 e. The fourth-order valence-corrected chi connectivity index (χ4v) is 2.48. The Morgan fingerprint density at radius 2 is 2.18 bits per heavy atom. The van der Waals surface area contributed by atoms with E-state index < -0.39 is 5.97 Å². The lowest BCUT2D eigenvalue weighted by Gasteiger charge is -2.28. The van der Waals surface area contributed by atoms with Crippen LogP contribution in [0.3, 0.4) is 0 Å². The highest BCUT2D eigenvalue weighted by Gasteiger charge is 2.20. The molecule has 1 aromatic heterocycles. The molecule has 1 aromatic carbocycles. The molecule has 3 nitrogen and oxygen atoms in total. The molecule has 0 saturated heterocycles. The third kappa shape index (κ3) is 1.82. The van der Waals surface area contributed by atoms with Gasteiger partial charge in [0.15, 0.2) is 0 Å². The van der Waals surface area contributed by atoms with Gasteiger partial charge in [0.05, 0.1) is 6.42 Å². The number of aliphatic carboxylic acids is 1. The Hall–Kier alpha value is -1.77. The lowest BCUT2D eigenvalue weighted by molar-refractivity contribution is -0.136. The van der Waals surface area contributed by atoms with Crippen molar-refractivity contribution in [2.45, 2.75) is 31.7 Å². The summed E-state index contributed by atoms with van der Waals surface area (Å²) in [6.07, 6.45) is 6.08. The van der Waals surface area contributed by atoms with E-state index in [1.165, 1.54) is 24.8 Å². The fraction of sp³-hybridized carbons (Fsp3) is 0.357. The summed E-state index contributed by atoms with van der Waals surface area (Å²) in [7, 11) is 0. The number of carbonyl (C=O) groups is 1. The summed E-state index contributed by atoms with van der Waals surface area (Å²) >= 11 is 0. The minimum atomic E-state index is -0.775. The zero-order chi connectivity index (χ0) is 11.8. The zero-order valence-electron chi connectivity index (χ0n) is 9.60. The van der Waals surface area contributed by atoms with Crippen LogP contribution in [0.5, 0.6) is 0 Å². The van der Waals surface area contributed by atoms with E-state index in [1.807, 2.05) is 18.2 Å². The predicted molar refractivity (Wildman–Crippen MR) is 66.2 cm³/mol. The monoisotopic (exact) mass is 229 g/mol. The van der Waals surface area contributed by atoms with Gasteiger partial charge >= 0.3 is 5.97 Å². The van der Waals surface area contributed by atoms with Crippen LogP contribution in [-0.2, 0) is 11.2 Å². The summed E-state index contributed by atoms with van der Waals surface area (Å²) in [6.45, 7) is 0. The minimum Gasteiger partial charge on any atom is -0.481 e. The van der Waals surface area contributed by atoms with Crippen LogP contribution in [0.1, 0.15) is 30.9 Å². The average molecular weight is 229 g/mol. The summed E-state index contributed by atoms with van der Waals surface area (Å²) < 4.78 is 2.32. The van der Waals surface area contributed by atoms with Crippen molar-refractivity contribution in [2.24, 2.45) is 0 Å². The van der Waals surface area contributed by atoms with E-state index in [9.17, 15) is 4.79 Å². The van der Waals surface area contributed by atoms with Gasteiger partial charge in [-0.2, -0.15) is 0 Å². The van der Waals surface area contributed by atoms with Gasteiger partial charge in [-0.1, -0.05) is 6.07 Å². The molecule has 1 saturated carbocycles. The van der Waals surface area contributed by atoms with Crippen molar-refractivity contribution in [3.8, 4) is 0 Å². The van der Waals surface area contributed by atoms with Crippen LogP contribution in [-0.4, -0.2) is 15.6 Å². The lowest BCUT2D eigenvalue weighted by Crippen LogP contribution is -2.15. The van der Waals surface area contributed by atoms with Crippen LogP contribution in [0.15, 0.2) is 30.5 Å². The molecular formula is C14H15NO2. The molecule has 1 heterocycles. The predicted octanol–water partition coefficient (Wildman–Crippen LogP) is 2.99. The van der Waals surface area contributed by atoms with Gasteiger partial charge < -0.3 is 9.67 Å². The summed E-state index contributed by atoms with van der Waals surface area (Å²) in [5, 5.41) is 9.92. The molecular weight excluding hydrogens is 214 g/mol. The quantitative estimate of drug-likeness (QED) is 0.879. The first-order chi connectivity index (χ1) is 8.24. The summed E-state index contributed by atoms with van der Waals surface area (Å²) in [6, 6.07) is 8.69. The number of fused-ring (bicyclic) bond motifs is 1. The normalized spacial score (nSPS) is 16.0. The third-order valence-corrected chi connectivity index (χ3v) is 3.61. The fourth-order valence-electron chi connectivity index (χ4n) is 2.48. The Bertz CT molecular complexity index is 567. The van der Waals surface area contributed by atoms with Gasteiger partial charge in [-0.3, -0.25) is 4.79 Å². The number of hydrogen-bond acceptors (Lipinski definition) is 1. The van der Waals surface area contributed by atoms with Crippen LogP contribution < -0.4 is 0 Å². The van der Waals surface area contributed by atoms with E-state index in [2.05, 4.69) is 16.8 Å². The van der Waals surface area contributed by atoms with Gasteiger partial charge in [0.1, 0.15) is 0 Å². The van der Waals surface area contributed by atoms with Crippen LogP contribution >= 0.6 is 0 Å². The highest BCUT2D eigenvalue weighted by molar-refractivity contribution is 5.82. The maximum atomic E-state index is 10.7. The van der Waals surface area contributed by atoms with Crippen molar-refractivity contribution in [1.29, 1.82) is 0 Å². The van der Waals surface area contributed by atoms with Gasteiger partial charge in [-0.25, -0.2) is 0 Å². The largest absolute Gasteiger partial charge is 0.481 e. The van der Waals surface area contributed by atoms with Crippen LogP contribution in [0.2, 0.25) is 0 Å². The van der Waals surface area contributed by atoms with E-state index in [0.717, 1.165) is 10.9 Å². The summed E-state index contributed by atoms with van der Waals surface area (Å²) in [5.74, 6) is -0.775. The molecule has 3 rings (SSSR count). The lowest BCUT2D eigenvalue weighted by atomic mass is 9.93. The first-order valence-electron chi connectivity index (χ1n) is 6.05. The molecule has 0 unspecified atom stereocenters. The molecule has 0 spiro atoms. The standard InChI is InChI=1S/C14H15NO2/c16-14(17)9-10-4-5-13-11(8-10)6-7-15(13)12-2-1-3-12/h4-8,12H,1-3,9H2,(H,16,17). The molecule has 0 radical (unpaired) electrons. The van der Waals surface area contributed by atoms with E-state index in [1.54, 1.807) is 0 Å². The van der Waals surface area contributed by atoms with Crippen molar-refractivity contribution in [1.82, 2.24) is 4.57 Å². The molecule has 1 fully saturated rings. The van der Waals surface area contributed by atoms with Crippen molar-refractivity contribution in [3.05, 3.63) is 36.0 Å². The van der Waals surface area contributed by atoms with E-state index in [0.29, 0.717) is 6.04 Å². The van der Waals surface area contributed by atoms with E-state index in [4.69, 9.17) is 5.11 Å². The summed E-state index contributed by atoms with van der Waals surface area (Å²) in [5.41, 5.74) is 2.10. The Morgan fingerprint density at radius 1 is 1.35 bits per heavy atom. The van der Waals surface area contributed by atoms with Gasteiger partial charge in [0, 0.05) is 17.8 Å². The second-order valence-corrected chi connectivity index (χ2v) is 4.77. The van der Waals surface area contributed by atoms with Gasteiger partial charge in [0.25, 0.3) is 0 Å². The minimum absolute atomic E-state index is 0.102. The zero-order valence-corrected chi connectivity index (χ0v) is 9.60. The molecule has 1 N–H and O–H groups in total. The van der Waals surface area contributed by atoms with E-state index in [-0.39, 0.29) is 6.42 Å². The second-order valence-electron chi connectivity index (χ2n) is 4.77. The number of nitrogens with zero attached hydrogens (tertiary/aromatic N) is 1. The number of carboxylic acids is 1. The Kier molecular flexibility index (Phi) is 2.39. The molecule has 0 bridgehead atoms. The van der Waals surface area contributed by atoms with E-state index >= 15 is 0 Å². The molecule has 17 heavy (non-hydrogen) atoms. The highest BCUT2D eigenvalue weighted by Crippen LogP contribution is 2.34. The van der Waals surface area contributed by atoms with Crippen molar-refractivity contribution in [2.75, 3.05) is 0 Å². The SMILES string of the molecule is O=C(O)Cc1ccc2c(ccn2C2CCC2)c1. The Labute approximate surface area is 99.7 Å². The highest BCUT2D eigenvalue weighted by atomic mass is 16.4. The molecule has 88 valence electrons. The molecule has 2 aromatic rings. The van der Waals surface area contributed by atoms with Crippen molar-refractivity contribution >= 4 is 16.9 Å². The van der Waals surface area contributed by atoms with Crippen LogP contribution in [0, 0.1) is 0 Å². The van der Waals surface area contributed by atoms with Crippen molar-refractivity contribution in [3.63, 3.8) is 0 Å². The Balaban J connectivity index is 1.98. The first-order valence-corrected chi connectivity index (χ1v) is 6.05. The number of hydrogen-bond donors (Lipinski definition) is 1. The van der Waals surface area contributed by atoms with Gasteiger partial charge in [-0.05, 0) is 48.4 Å². The van der Waals surface area contributed by atoms with Crippen LogP contribution in [0.25, 0.3) is 10.9 Å². The number of carboxylic acid groups (broad SMARTS) is 1. The number of aromatic nitrogens is 1. The molecule has 0 amide bonds. The maximum Gasteiger partial charge on any atom is 0.307 e. The molecule has 0 atom stereocenters. The average Bonchev–Trinajstić information content (AvgIpc) is 2.58. The third-order valence-electron chi connectivity index (χ3n) is 3.61. The number of rotatable bonds is 3. The van der Waals surface area contributed by atoms with Crippen molar-refractivity contribution < 1.29 is 9.90 Å².